The lowest BCUT2D eigenvalue weighted by atomic mass is 9.43. The molecule has 39 heavy (non-hydrogen) atoms. The van der Waals surface area contributed by atoms with E-state index in [0.29, 0.717) is 25.0 Å². The van der Waals surface area contributed by atoms with E-state index in [1.54, 1.807) is 33.5 Å². The number of hydrogen-bond acceptors (Lipinski definition) is 8. The molecule has 1 aromatic rings. The fourth-order valence-corrected chi connectivity index (χ4v) is 11.6. The number of fused-ring (bicyclic) bond motifs is 2. The molecule has 6 fully saturated rings. The van der Waals surface area contributed by atoms with Gasteiger partial charge in [0.2, 0.25) is 0 Å². The number of hydrogen-bond donors (Lipinski definition) is 2. The molecular formula is C31H43NO7. The van der Waals surface area contributed by atoms with E-state index in [4.69, 9.17) is 18.9 Å². The van der Waals surface area contributed by atoms with E-state index in [-0.39, 0.29) is 59.2 Å². The number of aliphatic hydroxyl groups is 2. The zero-order valence-corrected chi connectivity index (χ0v) is 23.5. The molecule has 7 bridgehead atoms. The van der Waals surface area contributed by atoms with Crippen molar-refractivity contribution in [2.24, 2.45) is 40.4 Å². The number of esters is 1. The number of piperidine rings is 1. The van der Waals surface area contributed by atoms with E-state index in [1.807, 2.05) is 18.2 Å². The third kappa shape index (κ3) is 3.08. The van der Waals surface area contributed by atoms with E-state index in [1.165, 1.54) is 0 Å². The minimum Gasteiger partial charge on any atom is -0.458 e. The molecule has 13 atom stereocenters. The molecule has 1 unspecified atom stereocenters. The molecule has 0 amide bonds. The highest BCUT2D eigenvalue weighted by molar-refractivity contribution is 5.89. The molecule has 5 aliphatic carbocycles. The van der Waals surface area contributed by atoms with Crippen molar-refractivity contribution in [2.45, 2.75) is 68.7 Å². The Hall–Kier alpha value is -1.55. The first-order valence-electron chi connectivity index (χ1n) is 14.8. The van der Waals surface area contributed by atoms with Crippen LogP contribution in [0.4, 0.5) is 0 Å². The molecule has 2 N–H and O–H groups in total. The van der Waals surface area contributed by atoms with E-state index in [0.717, 1.165) is 25.9 Å². The Morgan fingerprint density at radius 1 is 1.10 bits per heavy atom. The molecule has 6 aliphatic rings. The number of benzene rings is 1. The molecule has 1 heterocycles. The van der Waals surface area contributed by atoms with Crippen molar-refractivity contribution in [3.05, 3.63) is 35.9 Å². The summed E-state index contributed by atoms with van der Waals surface area (Å²) in [6, 6.07) is 9.09. The van der Waals surface area contributed by atoms with Crippen molar-refractivity contribution in [1.82, 2.24) is 4.90 Å². The molecule has 5 saturated carbocycles. The van der Waals surface area contributed by atoms with Crippen molar-refractivity contribution in [2.75, 3.05) is 41.0 Å². The molecule has 1 saturated heterocycles. The van der Waals surface area contributed by atoms with Crippen LogP contribution in [-0.2, 0) is 18.9 Å². The maximum absolute atomic E-state index is 13.4. The van der Waals surface area contributed by atoms with Crippen LogP contribution in [-0.4, -0.2) is 98.2 Å². The first-order chi connectivity index (χ1) is 18.8. The van der Waals surface area contributed by atoms with Crippen LogP contribution in [0.15, 0.2) is 30.3 Å². The first-order valence-corrected chi connectivity index (χ1v) is 14.8. The summed E-state index contributed by atoms with van der Waals surface area (Å²) in [4.78, 5) is 15.9. The molecule has 1 aliphatic heterocycles. The summed E-state index contributed by atoms with van der Waals surface area (Å²) in [7, 11) is 5.24. The maximum Gasteiger partial charge on any atom is 0.338 e. The maximum atomic E-state index is 13.4. The molecule has 0 radical (unpaired) electrons. The number of methoxy groups -OCH3 is 3. The highest BCUT2D eigenvalue weighted by Gasteiger charge is 2.86. The van der Waals surface area contributed by atoms with Gasteiger partial charge in [-0.3, -0.25) is 4.90 Å². The molecule has 8 heteroatoms. The van der Waals surface area contributed by atoms with Crippen LogP contribution in [0.25, 0.3) is 0 Å². The standard InChI is InChI=1S/C31H43NO7/c1-5-32-15-29(16-36-2)12-11-21(33)31-19-13-18-20(37-3)14-30(35,23(27(31)32)25(38-4)26(29)31)22(19)24(18)39-28(34)17-9-7-6-8-10-17/h6-10,18-27,33,35H,5,11-16H2,1-4H3/t18-,19-,20+,21+,22-,23+,24+,25+,26-,27?,29+,30-,31+/m1/s1. The fourth-order valence-electron chi connectivity index (χ4n) is 11.6. The fraction of sp³-hybridized carbons (Fsp3) is 0.774. The van der Waals surface area contributed by atoms with E-state index in [2.05, 4.69) is 11.8 Å². The zero-order chi connectivity index (χ0) is 27.3. The Kier molecular flexibility index (Phi) is 6.06. The number of ether oxygens (including phenoxy) is 4. The quantitative estimate of drug-likeness (QED) is 0.508. The Bertz CT molecular complexity index is 1120. The average molecular weight is 542 g/mol. The van der Waals surface area contributed by atoms with Crippen molar-refractivity contribution in [3.63, 3.8) is 0 Å². The van der Waals surface area contributed by atoms with Crippen LogP contribution < -0.4 is 0 Å². The van der Waals surface area contributed by atoms with Crippen LogP contribution in [0.2, 0.25) is 0 Å². The van der Waals surface area contributed by atoms with Gasteiger partial charge < -0.3 is 29.2 Å². The van der Waals surface area contributed by atoms with Crippen molar-refractivity contribution < 1.29 is 34.0 Å². The van der Waals surface area contributed by atoms with Gasteiger partial charge in [-0.15, -0.1) is 0 Å². The van der Waals surface area contributed by atoms with Crippen LogP contribution in [0.3, 0.4) is 0 Å². The predicted molar refractivity (Wildman–Crippen MR) is 142 cm³/mol. The van der Waals surface area contributed by atoms with Crippen LogP contribution in [0.5, 0.6) is 0 Å². The molecule has 0 aromatic heterocycles. The SMILES string of the molecule is CCN1C[C@]2(COC)CC[C@H](O)[C@]34C1[C@H]([C@H](OC)[C@H]23)[C@@]1(O)C[C@H](OC)[C@H]2C[C@@H]4[C@@H]1[C@H]2OC(=O)c1ccccc1. The Morgan fingerprint density at radius 2 is 1.87 bits per heavy atom. The molecular weight excluding hydrogens is 498 g/mol. The van der Waals surface area contributed by atoms with Gasteiger partial charge in [-0.05, 0) is 43.9 Å². The smallest absolute Gasteiger partial charge is 0.338 e. The number of carbonyl (C=O) groups is 1. The monoisotopic (exact) mass is 541 g/mol. The summed E-state index contributed by atoms with van der Waals surface area (Å²) < 4.78 is 24.8. The van der Waals surface area contributed by atoms with Gasteiger partial charge in [-0.25, -0.2) is 4.79 Å². The summed E-state index contributed by atoms with van der Waals surface area (Å²) in [5.41, 5.74) is -1.28. The predicted octanol–water partition coefficient (Wildman–Crippen LogP) is 2.37. The highest BCUT2D eigenvalue weighted by Crippen LogP contribution is 2.79. The lowest BCUT2D eigenvalue weighted by Gasteiger charge is -2.68. The second kappa shape index (κ2) is 8.97. The van der Waals surface area contributed by atoms with Gasteiger partial charge in [-0.2, -0.15) is 0 Å². The average Bonchev–Trinajstić information content (AvgIpc) is 3.38. The van der Waals surface area contributed by atoms with Gasteiger partial charge in [0, 0.05) is 74.8 Å². The molecule has 8 nitrogen and oxygen atoms in total. The third-order valence-corrected chi connectivity index (χ3v) is 12.3. The molecule has 214 valence electrons. The van der Waals surface area contributed by atoms with Crippen molar-refractivity contribution in [3.8, 4) is 0 Å². The number of nitrogens with zero attached hydrogens (tertiary/aromatic N) is 1. The van der Waals surface area contributed by atoms with Crippen molar-refractivity contribution >= 4 is 5.97 Å². The normalized spacial score (nSPS) is 51.1. The summed E-state index contributed by atoms with van der Waals surface area (Å²) in [5, 5.41) is 25.2. The Balaban J connectivity index is 1.41. The summed E-state index contributed by atoms with van der Waals surface area (Å²) in [6.07, 6.45) is 1.36. The largest absolute Gasteiger partial charge is 0.458 e. The minimum absolute atomic E-state index is 0.0104. The van der Waals surface area contributed by atoms with E-state index >= 15 is 0 Å². The molecule has 1 spiro atoms. The lowest BCUT2D eigenvalue weighted by Crippen LogP contribution is -2.76. The minimum atomic E-state index is -1.15. The third-order valence-electron chi connectivity index (χ3n) is 12.3. The summed E-state index contributed by atoms with van der Waals surface area (Å²) >= 11 is 0. The number of rotatable bonds is 7. The van der Waals surface area contributed by atoms with E-state index < -0.39 is 23.2 Å². The molecule has 7 rings (SSSR count). The van der Waals surface area contributed by atoms with Gasteiger partial charge in [0.1, 0.15) is 6.10 Å². The van der Waals surface area contributed by atoms with Crippen molar-refractivity contribution in [1.29, 1.82) is 0 Å². The van der Waals surface area contributed by atoms with Gasteiger partial charge in [-0.1, -0.05) is 25.1 Å². The zero-order valence-electron chi connectivity index (χ0n) is 23.5. The Morgan fingerprint density at radius 3 is 2.54 bits per heavy atom. The van der Waals surface area contributed by atoms with Crippen LogP contribution in [0, 0.1) is 40.4 Å². The Labute approximate surface area is 230 Å². The summed E-state index contributed by atoms with van der Waals surface area (Å²) in [5.74, 6) is -0.869. The number of likely N-dealkylation sites (tertiary alicyclic amines) is 1. The van der Waals surface area contributed by atoms with E-state index in [9.17, 15) is 15.0 Å². The first kappa shape index (κ1) is 26.4. The van der Waals surface area contributed by atoms with Crippen LogP contribution in [0.1, 0.15) is 43.0 Å². The topological polar surface area (TPSA) is 97.7 Å². The number of carbonyl (C=O) groups excluding carboxylic acids is 1. The highest BCUT2D eigenvalue weighted by atomic mass is 16.6. The second-order valence-electron chi connectivity index (χ2n) is 13.3. The van der Waals surface area contributed by atoms with Crippen LogP contribution >= 0.6 is 0 Å². The molecule has 1 aromatic carbocycles. The van der Waals surface area contributed by atoms with Gasteiger partial charge in [0.25, 0.3) is 0 Å². The lowest BCUT2D eigenvalue weighted by molar-refractivity contribution is -0.272. The van der Waals surface area contributed by atoms with Gasteiger partial charge >= 0.3 is 5.97 Å². The number of aliphatic hydroxyl groups excluding tert-OH is 1. The van der Waals surface area contributed by atoms with Gasteiger partial charge in [0.05, 0.1) is 36.1 Å². The van der Waals surface area contributed by atoms with Gasteiger partial charge in [0.15, 0.2) is 0 Å². The summed E-state index contributed by atoms with van der Waals surface area (Å²) in [6.45, 7) is 4.51. The second-order valence-corrected chi connectivity index (χ2v) is 13.3.